The predicted octanol–water partition coefficient (Wildman–Crippen LogP) is 1.10. The minimum Gasteiger partial charge on any atom is -0.493 e. The summed E-state index contributed by atoms with van der Waals surface area (Å²) >= 11 is 0. The number of carbonyl (C=O) groups excluding carboxylic acids is 2. The zero-order chi connectivity index (χ0) is 18.5. The summed E-state index contributed by atoms with van der Waals surface area (Å²) in [5.74, 6) is 1.09. The van der Waals surface area contributed by atoms with Crippen LogP contribution in [0.4, 0.5) is 0 Å². The van der Waals surface area contributed by atoms with E-state index in [1.165, 1.54) is 32.8 Å². The first kappa shape index (κ1) is 18.5. The van der Waals surface area contributed by atoms with Gasteiger partial charge in [0.25, 0.3) is 5.91 Å². The minimum atomic E-state index is -0.548. The fourth-order valence-corrected chi connectivity index (χ4v) is 3.92. The number of ether oxygens (including phenoxy) is 2. The van der Waals surface area contributed by atoms with Crippen LogP contribution in [0.15, 0.2) is 18.2 Å². The first-order valence-electron chi connectivity index (χ1n) is 9.18. The molecular weight excluding hydrogens is 334 g/mol. The molecule has 0 aromatic heterocycles. The number of nitrogens with one attached hydrogen (secondary N) is 2. The molecule has 1 aliphatic heterocycles. The van der Waals surface area contributed by atoms with Gasteiger partial charge in [0.15, 0.2) is 18.1 Å². The van der Waals surface area contributed by atoms with Crippen LogP contribution in [0.2, 0.25) is 0 Å². The molecule has 0 bridgehead atoms. The van der Waals surface area contributed by atoms with Crippen LogP contribution >= 0.6 is 0 Å². The second kappa shape index (κ2) is 8.40. The summed E-state index contributed by atoms with van der Waals surface area (Å²) in [6.45, 7) is 0.209. The van der Waals surface area contributed by atoms with E-state index in [9.17, 15) is 9.59 Å². The number of primary amides is 1. The van der Waals surface area contributed by atoms with Crippen molar-refractivity contribution in [3.8, 4) is 11.5 Å². The number of hydrogen-bond donors (Lipinski definition) is 3. The van der Waals surface area contributed by atoms with Gasteiger partial charge in [-0.2, -0.15) is 0 Å². The average Bonchev–Trinajstić information content (AvgIpc) is 3.08. The lowest BCUT2D eigenvalue weighted by Crippen LogP contribution is -2.42. The number of benzene rings is 1. The molecule has 1 aliphatic carbocycles. The highest BCUT2D eigenvalue weighted by molar-refractivity contribution is 5.82. The van der Waals surface area contributed by atoms with Crippen LogP contribution in [0.3, 0.4) is 0 Å². The molecule has 3 atom stereocenters. The molecule has 2 amide bonds. The summed E-state index contributed by atoms with van der Waals surface area (Å²) in [7, 11) is 1.53. The van der Waals surface area contributed by atoms with E-state index in [0.29, 0.717) is 30.0 Å². The third kappa shape index (κ3) is 4.46. The van der Waals surface area contributed by atoms with Crippen molar-refractivity contribution in [2.45, 2.75) is 50.7 Å². The molecule has 7 nitrogen and oxygen atoms in total. The summed E-state index contributed by atoms with van der Waals surface area (Å²) in [5.41, 5.74) is 5.99. The van der Waals surface area contributed by atoms with Crippen LogP contribution in [0.5, 0.6) is 11.5 Å². The van der Waals surface area contributed by atoms with Crippen LogP contribution < -0.4 is 25.8 Å². The van der Waals surface area contributed by atoms with Crippen molar-refractivity contribution in [2.75, 3.05) is 13.7 Å². The van der Waals surface area contributed by atoms with Crippen molar-refractivity contribution in [3.63, 3.8) is 0 Å². The van der Waals surface area contributed by atoms with Gasteiger partial charge in [-0.25, -0.2) is 0 Å². The fourth-order valence-electron chi connectivity index (χ4n) is 3.92. The molecule has 7 heteroatoms. The van der Waals surface area contributed by atoms with Crippen LogP contribution in [0, 0.1) is 5.92 Å². The molecule has 142 valence electrons. The minimum absolute atomic E-state index is 0.0485. The molecule has 1 aromatic rings. The third-order valence-corrected chi connectivity index (χ3v) is 5.24. The molecule has 2 fully saturated rings. The maximum absolute atomic E-state index is 12.5. The van der Waals surface area contributed by atoms with Gasteiger partial charge in [0.2, 0.25) is 5.91 Å². The first-order valence-corrected chi connectivity index (χ1v) is 9.18. The topological polar surface area (TPSA) is 103 Å². The number of fused-ring (bicyclic) bond motifs is 1. The van der Waals surface area contributed by atoms with E-state index in [4.69, 9.17) is 15.2 Å². The van der Waals surface area contributed by atoms with Gasteiger partial charge in [-0.3, -0.25) is 9.59 Å². The van der Waals surface area contributed by atoms with Crippen LogP contribution in [-0.4, -0.2) is 37.6 Å². The summed E-state index contributed by atoms with van der Waals surface area (Å²) in [6, 6.07) is 5.75. The zero-order valence-corrected chi connectivity index (χ0v) is 15.1. The number of rotatable bonds is 7. The maximum atomic E-state index is 12.5. The highest BCUT2D eigenvalue weighted by Gasteiger charge is 2.37. The van der Waals surface area contributed by atoms with Crippen molar-refractivity contribution < 1.29 is 19.1 Å². The smallest absolute Gasteiger partial charge is 0.255 e. The predicted molar refractivity (Wildman–Crippen MR) is 96.8 cm³/mol. The Bertz CT molecular complexity index is 650. The van der Waals surface area contributed by atoms with Crippen molar-refractivity contribution in [3.05, 3.63) is 23.8 Å². The lowest BCUT2D eigenvalue weighted by molar-refractivity contribution is -0.123. The quantitative estimate of drug-likeness (QED) is 0.675. The SMILES string of the molecule is COc1cc(CNC(=O)C2CC3CCCCC3N2)ccc1OCC(N)=O. The van der Waals surface area contributed by atoms with Gasteiger partial charge in [0.1, 0.15) is 0 Å². The molecule has 0 radical (unpaired) electrons. The Balaban J connectivity index is 1.54. The van der Waals surface area contributed by atoms with Crippen molar-refractivity contribution in [1.82, 2.24) is 10.6 Å². The molecule has 2 aliphatic rings. The number of hydrogen-bond acceptors (Lipinski definition) is 5. The second-order valence-electron chi connectivity index (χ2n) is 7.06. The zero-order valence-electron chi connectivity index (χ0n) is 15.1. The Morgan fingerprint density at radius 2 is 2.08 bits per heavy atom. The molecule has 4 N–H and O–H groups in total. The highest BCUT2D eigenvalue weighted by Crippen LogP contribution is 2.33. The lowest BCUT2D eigenvalue weighted by atomic mass is 9.85. The summed E-state index contributed by atoms with van der Waals surface area (Å²) in [4.78, 5) is 23.3. The van der Waals surface area contributed by atoms with E-state index in [2.05, 4.69) is 10.6 Å². The van der Waals surface area contributed by atoms with Crippen molar-refractivity contribution >= 4 is 11.8 Å². The molecule has 26 heavy (non-hydrogen) atoms. The highest BCUT2D eigenvalue weighted by atomic mass is 16.5. The number of methoxy groups -OCH3 is 1. The summed E-state index contributed by atoms with van der Waals surface area (Å²) < 4.78 is 10.6. The largest absolute Gasteiger partial charge is 0.493 e. The Labute approximate surface area is 153 Å². The van der Waals surface area contributed by atoms with Gasteiger partial charge < -0.3 is 25.8 Å². The van der Waals surface area contributed by atoms with E-state index in [0.717, 1.165) is 12.0 Å². The molecule has 1 heterocycles. The molecule has 3 rings (SSSR count). The first-order chi connectivity index (χ1) is 12.6. The van der Waals surface area contributed by atoms with Crippen LogP contribution in [0.25, 0.3) is 0 Å². The fraction of sp³-hybridized carbons (Fsp3) is 0.579. The molecule has 0 spiro atoms. The van der Waals surface area contributed by atoms with E-state index in [1.54, 1.807) is 12.1 Å². The molecule has 3 unspecified atom stereocenters. The Morgan fingerprint density at radius 3 is 2.81 bits per heavy atom. The standard InChI is InChI=1S/C19H27N3O4/c1-25-17-8-12(6-7-16(17)26-11-18(20)23)10-21-19(24)15-9-13-4-2-3-5-14(13)22-15/h6-8,13-15,22H,2-5,9-11H2,1H3,(H2,20,23)(H,21,24). The monoisotopic (exact) mass is 361 g/mol. The third-order valence-electron chi connectivity index (χ3n) is 5.24. The second-order valence-corrected chi connectivity index (χ2v) is 7.06. The van der Waals surface area contributed by atoms with Gasteiger partial charge in [0, 0.05) is 12.6 Å². The van der Waals surface area contributed by atoms with Gasteiger partial charge in [-0.1, -0.05) is 18.9 Å². The Morgan fingerprint density at radius 1 is 1.27 bits per heavy atom. The van der Waals surface area contributed by atoms with Gasteiger partial charge in [-0.15, -0.1) is 0 Å². The summed E-state index contributed by atoms with van der Waals surface area (Å²) in [6.07, 6.45) is 5.87. The van der Waals surface area contributed by atoms with Gasteiger partial charge in [0.05, 0.1) is 13.2 Å². The van der Waals surface area contributed by atoms with Gasteiger partial charge in [-0.05, 0) is 42.9 Å². The maximum Gasteiger partial charge on any atom is 0.255 e. The number of carbonyl (C=O) groups is 2. The molecular formula is C19H27N3O4. The Hall–Kier alpha value is -2.28. The van der Waals surface area contributed by atoms with Crippen LogP contribution in [0.1, 0.15) is 37.7 Å². The van der Waals surface area contributed by atoms with Gasteiger partial charge >= 0.3 is 0 Å². The van der Waals surface area contributed by atoms with E-state index in [-0.39, 0.29) is 18.6 Å². The van der Waals surface area contributed by atoms with Crippen molar-refractivity contribution in [1.29, 1.82) is 0 Å². The Kier molecular flexibility index (Phi) is 5.98. The number of amides is 2. The van der Waals surface area contributed by atoms with E-state index < -0.39 is 5.91 Å². The molecule has 1 saturated carbocycles. The van der Waals surface area contributed by atoms with E-state index in [1.807, 2.05) is 6.07 Å². The summed E-state index contributed by atoms with van der Waals surface area (Å²) in [5, 5.41) is 6.49. The lowest BCUT2D eigenvalue weighted by Gasteiger charge is -2.24. The molecule has 1 saturated heterocycles. The average molecular weight is 361 g/mol. The molecule has 1 aromatic carbocycles. The van der Waals surface area contributed by atoms with E-state index >= 15 is 0 Å². The number of nitrogens with two attached hydrogens (primary N) is 1. The van der Waals surface area contributed by atoms with Crippen LogP contribution in [-0.2, 0) is 16.1 Å². The van der Waals surface area contributed by atoms with Crippen molar-refractivity contribution in [2.24, 2.45) is 11.7 Å². The normalized spacial score (nSPS) is 24.6.